The van der Waals surface area contributed by atoms with Crippen LogP contribution in [0.3, 0.4) is 0 Å². The zero-order valence-electron chi connectivity index (χ0n) is 16.7. The Kier molecular flexibility index (Phi) is 9.92. The summed E-state index contributed by atoms with van der Waals surface area (Å²) in [6, 6.07) is 30.8. The molecule has 1 heterocycles. The number of aryl methyl sites for hydroxylation is 1. The number of rotatable bonds is 0. The number of fused-ring (bicyclic) bond motifs is 6. The molecule has 1 nitrogen and oxygen atoms in total. The van der Waals surface area contributed by atoms with Crippen LogP contribution >= 0.6 is 24.8 Å². The number of halogens is 3. The quantitative estimate of drug-likeness (QED) is 0.238. The molecule has 0 radical (unpaired) electrons. The third kappa shape index (κ3) is 5.15. The van der Waals surface area contributed by atoms with E-state index in [4.69, 9.17) is 0 Å². The zero-order valence-corrected chi connectivity index (χ0v) is 23.1. The van der Waals surface area contributed by atoms with Gasteiger partial charge in [-0.1, -0.05) is 39.1 Å². The molecule has 6 heteroatoms. The monoisotopic (exact) mass is 603 g/mol. The summed E-state index contributed by atoms with van der Waals surface area (Å²) < 4.78 is 3.43. The van der Waals surface area contributed by atoms with Crippen molar-refractivity contribution in [1.82, 2.24) is 4.57 Å². The summed E-state index contributed by atoms with van der Waals surface area (Å²) >= 11 is 4.69. The van der Waals surface area contributed by atoms with Crippen molar-refractivity contribution in [2.24, 2.45) is 7.05 Å². The van der Waals surface area contributed by atoms with Crippen LogP contribution in [-0.4, -0.2) is 4.57 Å². The second-order valence-electron chi connectivity index (χ2n) is 6.95. The predicted octanol–water partition coefficient (Wildman–Crippen LogP) is 1.52. The molecule has 0 saturated carbocycles. The Morgan fingerprint density at radius 2 is 1.81 bits per heavy atom. The van der Waals surface area contributed by atoms with Gasteiger partial charge < -0.3 is 29.4 Å². The van der Waals surface area contributed by atoms with E-state index < -0.39 is 0 Å². The third-order valence-electron chi connectivity index (χ3n) is 5.35. The Balaban J connectivity index is 0.000000224. The molecule has 0 atom stereocenters. The van der Waals surface area contributed by atoms with E-state index in [9.17, 15) is 0 Å². The molecule has 5 aromatic rings. The number of nitrogens with zero attached hydrogens (tertiary/aromatic N) is 1. The van der Waals surface area contributed by atoms with Crippen LogP contribution in [0.15, 0.2) is 83.3 Å². The minimum absolute atomic E-state index is 0. The molecule has 4 aromatic carbocycles. The van der Waals surface area contributed by atoms with Gasteiger partial charge in [0, 0.05) is 22.8 Å². The van der Waals surface area contributed by atoms with Gasteiger partial charge in [0.1, 0.15) is 0 Å². The molecular formula is C25H18BrCl2NSZr-2. The first kappa shape index (κ1) is 26.2. The van der Waals surface area contributed by atoms with E-state index in [1.165, 1.54) is 44.1 Å². The molecular weight excluding hydrogens is 588 g/mol. The standard InChI is InChI=1S/C16H11BrN.C9H7.2ClH.S.Zr/c1-18-15-5-3-2-4-13(15)14-9-10-8-11(17)6-7-12(10)16(14)18;1-2-5-9-7-3-6-8(9)4-1;;;;/h2-4,6-8H,9H2,1H3;1-7H;2*1H;;/q2*-1;;;;+2/p-2. The maximum atomic E-state index is 4.17. The second-order valence-corrected chi connectivity index (χ2v) is 7.87. The molecule has 0 fully saturated rings. The maximum absolute atomic E-state index is 4.17. The molecule has 6 rings (SSSR count). The topological polar surface area (TPSA) is 4.93 Å². The Labute approximate surface area is 221 Å². The summed E-state index contributed by atoms with van der Waals surface area (Å²) in [6.07, 6.45) is 1.03. The van der Waals surface area contributed by atoms with Crippen LogP contribution in [-0.2, 0) is 36.1 Å². The fourth-order valence-electron chi connectivity index (χ4n) is 4.11. The Morgan fingerprint density at radius 3 is 2.58 bits per heavy atom. The van der Waals surface area contributed by atoms with E-state index >= 15 is 0 Å². The number of para-hydroxylation sites is 1. The van der Waals surface area contributed by atoms with Crippen molar-refractivity contribution < 1.29 is 47.5 Å². The molecule has 0 spiro atoms. The van der Waals surface area contributed by atoms with Crippen LogP contribution < -0.4 is 24.8 Å². The SMILES string of the molecule is Cn1c2c(c3ccc[c-]c31)Cc1cc(Br)ccc1-2.[Cl-].[Cl-].[S]=[Zr+2].c1ccc2[cH-]ccc2c1. The number of hydrogen-bond acceptors (Lipinski definition) is 1. The summed E-state index contributed by atoms with van der Waals surface area (Å²) in [5, 5.41) is 4.00. The van der Waals surface area contributed by atoms with E-state index in [1.807, 2.05) is 6.07 Å². The molecule has 0 amide bonds. The first-order valence-electron chi connectivity index (χ1n) is 9.30. The Bertz CT molecular complexity index is 1280. The average Bonchev–Trinajstić information content (AvgIpc) is 3.45. The van der Waals surface area contributed by atoms with Gasteiger partial charge in [-0.25, -0.2) is 0 Å². The molecule has 0 bridgehead atoms. The number of benzene rings is 3. The maximum Gasteiger partial charge on any atom is -0.0809 e. The minimum atomic E-state index is 0. The van der Waals surface area contributed by atoms with Crippen LogP contribution in [0, 0.1) is 6.07 Å². The van der Waals surface area contributed by atoms with Crippen molar-refractivity contribution in [3.05, 3.63) is 101 Å². The zero-order chi connectivity index (χ0) is 20.4. The van der Waals surface area contributed by atoms with Gasteiger partial charge in [-0.3, -0.25) is 0 Å². The summed E-state index contributed by atoms with van der Waals surface area (Å²) in [4.78, 5) is 0. The molecule has 1 aliphatic rings. The van der Waals surface area contributed by atoms with Gasteiger partial charge in [0.2, 0.25) is 0 Å². The first-order chi connectivity index (χ1) is 14.2. The molecule has 156 valence electrons. The number of hydrogen-bond donors (Lipinski definition) is 0. The molecule has 0 unspecified atom stereocenters. The predicted molar refractivity (Wildman–Crippen MR) is 125 cm³/mol. The van der Waals surface area contributed by atoms with Gasteiger partial charge in [0.25, 0.3) is 0 Å². The second kappa shape index (κ2) is 11.7. The summed E-state index contributed by atoms with van der Waals surface area (Å²) in [5.74, 6) is 0. The van der Waals surface area contributed by atoms with Crippen molar-refractivity contribution >= 4 is 46.5 Å². The van der Waals surface area contributed by atoms with Gasteiger partial charge in [-0.2, -0.15) is 41.8 Å². The van der Waals surface area contributed by atoms with E-state index in [-0.39, 0.29) is 24.8 Å². The first-order valence-corrected chi connectivity index (χ1v) is 13.5. The van der Waals surface area contributed by atoms with Crippen molar-refractivity contribution in [2.75, 3.05) is 0 Å². The van der Waals surface area contributed by atoms with E-state index in [1.54, 1.807) is 0 Å². The van der Waals surface area contributed by atoms with E-state index in [0.29, 0.717) is 0 Å². The fraction of sp³-hybridized carbons (Fsp3) is 0.0800. The molecule has 1 aromatic heterocycles. The van der Waals surface area contributed by atoms with Crippen LogP contribution in [0.1, 0.15) is 11.1 Å². The van der Waals surface area contributed by atoms with Gasteiger partial charge in [0.15, 0.2) is 0 Å². The van der Waals surface area contributed by atoms with Crippen LogP contribution in [0.2, 0.25) is 0 Å². The van der Waals surface area contributed by atoms with Crippen LogP contribution in [0.5, 0.6) is 0 Å². The Morgan fingerprint density at radius 1 is 1.03 bits per heavy atom. The molecule has 31 heavy (non-hydrogen) atoms. The van der Waals surface area contributed by atoms with Gasteiger partial charge >= 0.3 is 31.5 Å². The van der Waals surface area contributed by atoms with E-state index in [0.717, 1.165) is 33.6 Å². The van der Waals surface area contributed by atoms with Crippen LogP contribution in [0.25, 0.3) is 32.9 Å². The largest absolute Gasteiger partial charge is 0.168 e. The van der Waals surface area contributed by atoms with Crippen molar-refractivity contribution in [1.29, 1.82) is 0 Å². The minimum Gasteiger partial charge on any atom is -0.168 e. The molecule has 1 aliphatic carbocycles. The Hall–Kier alpha value is -1.03. The molecule has 0 N–H and O–H groups in total. The third-order valence-corrected chi connectivity index (χ3v) is 5.85. The van der Waals surface area contributed by atoms with Gasteiger partial charge in [-0.15, -0.1) is 35.0 Å². The summed E-state index contributed by atoms with van der Waals surface area (Å²) in [5.41, 5.74) is 6.78. The van der Waals surface area contributed by atoms with E-state index in [2.05, 4.69) is 115 Å². The molecule has 0 aliphatic heterocycles. The summed E-state index contributed by atoms with van der Waals surface area (Å²) in [7, 11) is 6.31. The smallest absolute Gasteiger partial charge is 0.0809 e. The fourth-order valence-corrected chi connectivity index (χ4v) is 4.52. The number of aromatic nitrogens is 1. The van der Waals surface area contributed by atoms with Crippen molar-refractivity contribution in [3.8, 4) is 11.3 Å². The van der Waals surface area contributed by atoms with Gasteiger partial charge in [0.05, 0.1) is 0 Å². The van der Waals surface area contributed by atoms with Gasteiger partial charge in [-0.05, 0) is 24.1 Å². The van der Waals surface area contributed by atoms with Crippen LogP contribution in [0.4, 0.5) is 0 Å². The molecule has 0 saturated heterocycles. The average molecular weight is 607 g/mol. The van der Waals surface area contributed by atoms with Crippen molar-refractivity contribution in [2.45, 2.75) is 6.42 Å². The normalized spacial score (nSPS) is 10.6. The summed E-state index contributed by atoms with van der Waals surface area (Å²) in [6.45, 7) is 0. The van der Waals surface area contributed by atoms with Crippen molar-refractivity contribution in [3.63, 3.8) is 0 Å².